The Kier molecular flexibility index (Phi) is 3.23. The monoisotopic (exact) mass is 389 g/mol. The van der Waals surface area contributed by atoms with Crippen LogP contribution in [-0.4, -0.2) is 48.9 Å². The predicted molar refractivity (Wildman–Crippen MR) is 102 cm³/mol. The van der Waals surface area contributed by atoms with Crippen LogP contribution in [0.5, 0.6) is 5.75 Å². The molecule has 0 aromatic heterocycles. The molecule has 1 spiro atoms. The molecule has 2 aliphatic heterocycles. The zero-order chi connectivity index (χ0) is 19.8. The van der Waals surface area contributed by atoms with Crippen molar-refractivity contribution in [1.82, 2.24) is 4.90 Å². The van der Waals surface area contributed by atoms with Crippen LogP contribution in [-0.2, 0) is 20.7 Å². The highest BCUT2D eigenvalue weighted by Crippen LogP contribution is 2.81. The van der Waals surface area contributed by atoms with Crippen LogP contribution >= 0.6 is 0 Å². The van der Waals surface area contributed by atoms with Crippen LogP contribution < -0.4 is 4.74 Å². The van der Waals surface area contributed by atoms with Gasteiger partial charge >= 0.3 is 5.97 Å². The second kappa shape index (κ2) is 5.54. The highest BCUT2D eigenvalue weighted by molar-refractivity contribution is 6.23. The second-order valence-electron chi connectivity index (χ2n) is 8.21. The van der Waals surface area contributed by atoms with E-state index < -0.39 is 22.7 Å². The number of carbonyl (C=O) groups is 3. The summed E-state index contributed by atoms with van der Waals surface area (Å²) < 4.78 is 11.0. The molecule has 3 atom stereocenters. The van der Waals surface area contributed by atoms with Crippen LogP contribution in [0.25, 0.3) is 0 Å². The number of carbonyl (C=O) groups excluding carboxylic acids is 3. The number of nitrogens with zero attached hydrogens (tertiary/aromatic N) is 1. The fraction of sp³-hybridized carbons (Fsp3) is 0.348. The normalized spacial score (nSPS) is 31.7. The summed E-state index contributed by atoms with van der Waals surface area (Å²) >= 11 is 0. The quantitative estimate of drug-likeness (QED) is 0.424. The highest BCUT2D eigenvalue weighted by atomic mass is 16.5. The highest BCUT2D eigenvalue weighted by Gasteiger charge is 2.91. The molecule has 2 heterocycles. The smallest absolute Gasteiger partial charge is 0.328 e. The maximum atomic E-state index is 13.8. The first-order chi connectivity index (χ1) is 14.1. The Morgan fingerprint density at radius 2 is 1.72 bits per heavy atom. The third-order valence-electron chi connectivity index (χ3n) is 7.07. The number of rotatable bonds is 1. The summed E-state index contributed by atoms with van der Waals surface area (Å²) in [6.07, 6.45) is 0.381. The molecule has 0 radical (unpaired) electrons. The average molecular weight is 389 g/mol. The first-order valence-corrected chi connectivity index (χ1v) is 9.93. The molecule has 146 valence electrons. The second-order valence-corrected chi connectivity index (χ2v) is 8.21. The number of esters is 1. The summed E-state index contributed by atoms with van der Waals surface area (Å²) in [5, 5.41) is 0. The SMILES string of the molecule is O=C1Oc2ccccc2[C@H]2[C@@]1(C(=O)N1CCOCC1)[C@@]21Cc2ccccc2C1=O. The lowest BCUT2D eigenvalue weighted by Gasteiger charge is -2.32. The minimum absolute atomic E-state index is 0.117. The molecular formula is C23H19NO5. The van der Waals surface area contributed by atoms with Crippen LogP contribution in [0.1, 0.15) is 27.4 Å². The zero-order valence-corrected chi connectivity index (χ0v) is 15.7. The molecule has 29 heavy (non-hydrogen) atoms. The third kappa shape index (κ3) is 1.83. The Bertz CT molecular complexity index is 1090. The maximum absolute atomic E-state index is 13.8. The molecule has 0 unspecified atom stereocenters. The molecule has 0 N–H and O–H groups in total. The molecule has 2 aromatic carbocycles. The Morgan fingerprint density at radius 1 is 1.00 bits per heavy atom. The standard InChI is InChI=1S/C23H19NO5/c25-19-15-6-2-1-5-14(15)13-22(19)18-16-7-3-4-8-17(16)29-21(27)23(18,22)20(26)24-9-11-28-12-10-24/h1-8,18H,9-13H2/t18-,22+,23+/m1/s1. The van der Waals surface area contributed by atoms with Gasteiger partial charge in [0.05, 0.1) is 18.6 Å². The van der Waals surface area contributed by atoms with Gasteiger partial charge in [-0.3, -0.25) is 14.4 Å². The largest absolute Gasteiger partial charge is 0.425 e. The van der Waals surface area contributed by atoms with Gasteiger partial charge in [0.2, 0.25) is 5.91 Å². The average Bonchev–Trinajstić information content (AvgIpc) is 3.28. The Labute approximate surface area is 167 Å². The molecule has 4 aliphatic rings. The number of ether oxygens (including phenoxy) is 2. The van der Waals surface area contributed by atoms with Crippen LogP contribution in [0.3, 0.4) is 0 Å². The molecule has 6 nitrogen and oxygen atoms in total. The van der Waals surface area contributed by atoms with Gasteiger partial charge in [0.15, 0.2) is 11.2 Å². The first kappa shape index (κ1) is 16.9. The topological polar surface area (TPSA) is 72.9 Å². The molecule has 6 heteroatoms. The molecule has 2 aromatic rings. The third-order valence-corrected chi connectivity index (χ3v) is 7.07. The van der Waals surface area contributed by atoms with Crippen LogP contribution in [0.4, 0.5) is 0 Å². The van der Waals surface area contributed by atoms with Gasteiger partial charge in [-0.25, -0.2) is 0 Å². The lowest BCUT2D eigenvalue weighted by Crippen LogP contribution is -2.51. The number of hydrogen-bond acceptors (Lipinski definition) is 5. The summed E-state index contributed by atoms with van der Waals surface area (Å²) in [7, 11) is 0. The number of morpholine rings is 1. The summed E-state index contributed by atoms with van der Waals surface area (Å²) in [5.41, 5.74) is -0.313. The van der Waals surface area contributed by atoms with E-state index >= 15 is 0 Å². The van der Waals surface area contributed by atoms with Crippen LogP contribution in [0.15, 0.2) is 48.5 Å². The Morgan fingerprint density at radius 3 is 2.52 bits per heavy atom. The van der Waals surface area contributed by atoms with E-state index in [4.69, 9.17) is 9.47 Å². The summed E-state index contributed by atoms with van der Waals surface area (Å²) in [6.45, 7) is 1.69. The molecule has 0 bridgehead atoms. The van der Waals surface area contributed by atoms with Crippen molar-refractivity contribution in [2.24, 2.45) is 10.8 Å². The minimum Gasteiger partial charge on any atom is -0.425 e. The molecule has 2 fully saturated rings. The van der Waals surface area contributed by atoms with E-state index in [1.54, 1.807) is 23.1 Å². The van der Waals surface area contributed by atoms with Crippen LogP contribution in [0.2, 0.25) is 0 Å². The molecular weight excluding hydrogens is 370 g/mol. The number of amides is 1. The number of Topliss-reactive ketones (excluding diaryl/α,β-unsaturated/α-hetero) is 1. The van der Waals surface area contributed by atoms with Gasteiger partial charge in [-0.15, -0.1) is 0 Å². The predicted octanol–water partition coefficient (Wildman–Crippen LogP) is 1.97. The van der Waals surface area contributed by atoms with Gasteiger partial charge in [-0.05, 0) is 18.1 Å². The first-order valence-electron chi connectivity index (χ1n) is 9.93. The van der Waals surface area contributed by atoms with Crippen molar-refractivity contribution in [3.63, 3.8) is 0 Å². The van der Waals surface area contributed by atoms with E-state index in [9.17, 15) is 14.4 Å². The lowest BCUT2D eigenvalue weighted by atomic mass is 9.87. The van der Waals surface area contributed by atoms with E-state index in [0.29, 0.717) is 44.0 Å². The van der Waals surface area contributed by atoms with Crippen molar-refractivity contribution >= 4 is 17.7 Å². The Hall–Kier alpha value is -2.99. The summed E-state index contributed by atoms with van der Waals surface area (Å²) in [5.74, 6) is -1.06. The zero-order valence-electron chi connectivity index (χ0n) is 15.7. The number of para-hydroxylation sites is 1. The summed E-state index contributed by atoms with van der Waals surface area (Å²) in [6, 6.07) is 14.7. The molecule has 1 amide bonds. The molecule has 2 aliphatic carbocycles. The van der Waals surface area contributed by atoms with E-state index in [1.807, 2.05) is 30.3 Å². The van der Waals surface area contributed by atoms with Gasteiger partial charge in [-0.1, -0.05) is 42.5 Å². The van der Waals surface area contributed by atoms with Gasteiger partial charge in [0.25, 0.3) is 0 Å². The fourth-order valence-corrected chi connectivity index (χ4v) is 5.81. The van der Waals surface area contributed by atoms with E-state index in [-0.39, 0.29) is 11.7 Å². The van der Waals surface area contributed by atoms with Crippen molar-refractivity contribution in [1.29, 1.82) is 0 Å². The van der Waals surface area contributed by atoms with Gasteiger partial charge in [0.1, 0.15) is 5.75 Å². The van der Waals surface area contributed by atoms with E-state index in [1.165, 1.54) is 0 Å². The maximum Gasteiger partial charge on any atom is 0.328 e. The van der Waals surface area contributed by atoms with E-state index in [0.717, 1.165) is 11.1 Å². The lowest BCUT2D eigenvalue weighted by molar-refractivity contribution is -0.156. The van der Waals surface area contributed by atoms with Gasteiger partial charge in [-0.2, -0.15) is 0 Å². The number of fused-ring (bicyclic) bond motifs is 6. The van der Waals surface area contributed by atoms with Crippen molar-refractivity contribution in [3.8, 4) is 5.75 Å². The summed E-state index contributed by atoms with van der Waals surface area (Å²) in [4.78, 5) is 42.6. The van der Waals surface area contributed by atoms with Crippen molar-refractivity contribution in [3.05, 3.63) is 65.2 Å². The van der Waals surface area contributed by atoms with Crippen molar-refractivity contribution < 1.29 is 23.9 Å². The van der Waals surface area contributed by atoms with E-state index in [2.05, 4.69) is 0 Å². The number of ketones is 1. The van der Waals surface area contributed by atoms with Crippen LogP contribution in [0, 0.1) is 10.8 Å². The van der Waals surface area contributed by atoms with Gasteiger partial charge in [0, 0.05) is 30.1 Å². The molecule has 6 rings (SSSR count). The van der Waals surface area contributed by atoms with Crippen molar-refractivity contribution in [2.75, 3.05) is 26.3 Å². The fourth-order valence-electron chi connectivity index (χ4n) is 5.81. The molecule has 1 saturated heterocycles. The Balaban J connectivity index is 1.56. The number of benzene rings is 2. The molecule has 1 saturated carbocycles. The van der Waals surface area contributed by atoms with Crippen molar-refractivity contribution in [2.45, 2.75) is 12.3 Å². The number of hydrogen-bond donors (Lipinski definition) is 0. The minimum atomic E-state index is -1.49. The van der Waals surface area contributed by atoms with Gasteiger partial charge < -0.3 is 14.4 Å².